The molecule has 0 saturated carbocycles. The third-order valence-corrected chi connectivity index (χ3v) is 7.14. The molecule has 0 atom stereocenters. The molecule has 0 heterocycles. The van der Waals surface area contributed by atoms with E-state index in [0.717, 1.165) is 21.7 Å². The molecule has 30 heavy (non-hydrogen) atoms. The van der Waals surface area contributed by atoms with Crippen molar-refractivity contribution in [1.82, 2.24) is 0 Å². The summed E-state index contributed by atoms with van der Waals surface area (Å²) in [7, 11) is -1.28. The highest BCUT2D eigenvalue weighted by atomic mass is 31.1. The van der Waals surface area contributed by atoms with E-state index in [1.165, 1.54) is 0 Å². The highest BCUT2D eigenvalue weighted by Crippen LogP contribution is 2.36. The Labute approximate surface area is 177 Å². The number of ketones is 1. The Balaban J connectivity index is 1.71. The van der Waals surface area contributed by atoms with Crippen molar-refractivity contribution < 1.29 is 9.58 Å². The third kappa shape index (κ3) is 4.18. The van der Waals surface area contributed by atoms with Crippen molar-refractivity contribution in [3.05, 3.63) is 126 Å². The van der Waals surface area contributed by atoms with E-state index >= 15 is 0 Å². The Bertz CT molecular complexity index is 1140. The first-order valence-corrected chi connectivity index (χ1v) is 10.9. The summed E-state index contributed by atoms with van der Waals surface area (Å²) < 4.78 is 0. The molecular weight excluding hydrogens is 387 g/mol. The van der Waals surface area contributed by atoms with Gasteiger partial charge in [0.25, 0.3) is 5.78 Å². The first-order valence-electron chi connectivity index (χ1n) is 9.60. The normalized spacial score (nSPS) is 10.4. The molecule has 0 spiro atoms. The van der Waals surface area contributed by atoms with Crippen molar-refractivity contribution in [1.29, 1.82) is 0 Å². The topological polar surface area (TPSA) is 53.5 Å². The maximum absolute atomic E-state index is 13.3. The van der Waals surface area contributed by atoms with Gasteiger partial charge in [0.15, 0.2) is 0 Å². The molecule has 0 aromatic heterocycles. The summed E-state index contributed by atoms with van der Waals surface area (Å²) in [5.41, 5.74) is 12.6. The van der Waals surface area contributed by atoms with Crippen LogP contribution in [0.4, 0.5) is 0 Å². The Morgan fingerprint density at radius 3 is 1.50 bits per heavy atom. The van der Waals surface area contributed by atoms with E-state index in [9.17, 15) is 10.3 Å². The lowest BCUT2D eigenvalue weighted by molar-refractivity contribution is -0.00108. The summed E-state index contributed by atoms with van der Waals surface area (Å²) in [6.45, 7) is 0. The molecule has 3 nitrogen and oxygen atoms in total. The van der Waals surface area contributed by atoms with Gasteiger partial charge in [0.2, 0.25) is 0 Å². The molecule has 4 rings (SSSR count). The predicted molar refractivity (Wildman–Crippen MR) is 124 cm³/mol. The van der Waals surface area contributed by atoms with E-state index in [4.69, 9.17) is 0 Å². The average molecular weight is 406 g/mol. The van der Waals surface area contributed by atoms with E-state index in [0.29, 0.717) is 5.56 Å². The molecule has 0 fully saturated rings. The van der Waals surface area contributed by atoms with Gasteiger partial charge in [0.05, 0.1) is 7.92 Å². The van der Waals surface area contributed by atoms with Gasteiger partial charge in [-0.05, 0) is 21.7 Å². The van der Waals surface area contributed by atoms with Crippen LogP contribution in [0.3, 0.4) is 0 Å². The first-order chi connectivity index (χ1) is 14.8. The molecule has 0 amide bonds. The summed E-state index contributed by atoms with van der Waals surface area (Å²) >= 11 is 0. The van der Waals surface area contributed by atoms with Crippen molar-refractivity contribution in [3.8, 4) is 11.1 Å². The van der Waals surface area contributed by atoms with Crippen LogP contribution in [-0.2, 0) is 0 Å². The number of rotatable bonds is 6. The van der Waals surface area contributed by atoms with E-state index in [1.54, 1.807) is 12.1 Å². The minimum atomic E-state index is -1.28. The molecule has 4 heteroatoms. The zero-order chi connectivity index (χ0) is 20.8. The molecule has 0 aliphatic carbocycles. The maximum Gasteiger partial charge on any atom is 0.366 e. The third-order valence-electron chi connectivity index (χ3n) is 4.79. The first kappa shape index (κ1) is 19.7. The molecule has 0 radical (unpaired) electrons. The monoisotopic (exact) mass is 406 g/mol. The van der Waals surface area contributed by atoms with Gasteiger partial charge in [-0.25, -0.2) is 0 Å². The Morgan fingerprint density at radius 2 is 1.03 bits per heavy atom. The van der Waals surface area contributed by atoms with E-state index in [-0.39, 0.29) is 11.2 Å². The zero-order valence-electron chi connectivity index (χ0n) is 16.2. The van der Waals surface area contributed by atoms with Crippen molar-refractivity contribution >= 4 is 29.8 Å². The smallest absolute Gasteiger partial charge is 0.361 e. The maximum atomic E-state index is 13.3. The highest BCUT2D eigenvalue weighted by Gasteiger charge is 2.34. The number of benzene rings is 4. The standard InChI is InChI=1S/C26H19N2OP/c27-28-26(30(23-12-6-2-7-13-23)24-14-8-3-9-15-24)25(29)22-18-16-21(17-19-22)20-10-4-1-5-11-20/h1-19H. The fraction of sp³-hybridized carbons (Fsp3) is 0. The Morgan fingerprint density at radius 1 is 0.600 bits per heavy atom. The largest absolute Gasteiger partial charge is 0.366 e. The van der Waals surface area contributed by atoms with E-state index in [1.807, 2.05) is 103 Å². The van der Waals surface area contributed by atoms with Gasteiger partial charge < -0.3 is 5.53 Å². The molecule has 0 aliphatic rings. The number of Topliss-reactive ketones (excluding diaryl/α,β-unsaturated/α-hetero) is 1. The summed E-state index contributed by atoms with van der Waals surface area (Å²) in [4.78, 5) is 16.8. The van der Waals surface area contributed by atoms with Gasteiger partial charge in [0, 0.05) is 5.56 Å². The van der Waals surface area contributed by atoms with E-state index in [2.05, 4.69) is 4.79 Å². The fourth-order valence-corrected chi connectivity index (χ4v) is 5.46. The number of carbonyl (C=O) groups excluding carboxylic acids is 1. The van der Waals surface area contributed by atoms with Crippen LogP contribution < -0.4 is 10.6 Å². The van der Waals surface area contributed by atoms with Crippen LogP contribution >= 0.6 is 7.92 Å². The Hall–Kier alpha value is -3.64. The highest BCUT2D eigenvalue weighted by molar-refractivity contribution is 7.90. The minimum Gasteiger partial charge on any atom is -0.361 e. The summed E-state index contributed by atoms with van der Waals surface area (Å²) in [6, 6.07) is 36.9. The number of hydrogen-bond donors (Lipinski definition) is 0. The van der Waals surface area contributed by atoms with Crippen LogP contribution in [0.15, 0.2) is 115 Å². The van der Waals surface area contributed by atoms with Crippen molar-refractivity contribution in [3.63, 3.8) is 0 Å². The van der Waals surface area contributed by atoms with Crippen LogP contribution in [0, 0.1) is 0 Å². The van der Waals surface area contributed by atoms with Gasteiger partial charge >= 0.3 is 5.45 Å². The minimum absolute atomic E-state index is 0.162. The van der Waals surface area contributed by atoms with E-state index < -0.39 is 7.92 Å². The van der Waals surface area contributed by atoms with Crippen LogP contribution in [0.25, 0.3) is 16.7 Å². The number of carbonyl (C=O) groups is 1. The fourth-order valence-electron chi connectivity index (χ4n) is 3.31. The van der Waals surface area contributed by atoms with Crippen LogP contribution in [0.5, 0.6) is 0 Å². The lowest BCUT2D eigenvalue weighted by atomic mass is 10.0. The van der Waals surface area contributed by atoms with Crippen molar-refractivity contribution in [2.24, 2.45) is 0 Å². The second-order valence-electron chi connectivity index (χ2n) is 6.70. The summed E-state index contributed by atoms with van der Waals surface area (Å²) in [5.74, 6) is -0.268. The van der Waals surface area contributed by atoms with Gasteiger partial charge in [-0.3, -0.25) is 4.79 Å². The molecule has 144 valence electrons. The Kier molecular flexibility index (Phi) is 6.06. The SMILES string of the molecule is [N-]=[N+]=C(C(=O)c1ccc(-c2ccccc2)cc1)P(c1ccccc1)c1ccccc1. The van der Waals surface area contributed by atoms with Crippen molar-refractivity contribution in [2.45, 2.75) is 0 Å². The predicted octanol–water partition coefficient (Wildman–Crippen LogP) is 5.30. The molecule has 0 bridgehead atoms. The second-order valence-corrected chi connectivity index (χ2v) is 8.83. The summed E-state index contributed by atoms with van der Waals surface area (Å²) in [6.07, 6.45) is 0. The molecular formula is C26H19N2OP. The molecule has 0 aliphatic heterocycles. The van der Waals surface area contributed by atoms with Gasteiger partial charge in [-0.15, -0.1) is 0 Å². The van der Waals surface area contributed by atoms with Gasteiger partial charge in [-0.1, -0.05) is 115 Å². The molecule has 0 N–H and O–H groups in total. The molecule has 0 unspecified atom stereocenters. The summed E-state index contributed by atoms with van der Waals surface area (Å²) in [5, 5.41) is 1.92. The van der Waals surface area contributed by atoms with Gasteiger partial charge in [0.1, 0.15) is 0 Å². The van der Waals surface area contributed by atoms with Gasteiger partial charge in [-0.2, -0.15) is 4.79 Å². The average Bonchev–Trinajstić information content (AvgIpc) is 2.84. The van der Waals surface area contributed by atoms with Crippen molar-refractivity contribution in [2.75, 3.05) is 0 Å². The lowest BCUT2D eigenvalue weighted by Crippen LogP contribution is -2.25. The molecule has 0 saturated heterocycles. The second kappa shape index (κ2) is 9.24. The van der Waals surface area contributed by atoms with Crippen LogP contribution in [0.1, 0.15) is 10.4 Å². The quantitative estimate of drug-likeness (QED) is 0.141. The number of nitrogens with zero attached hydrogens (tertiary/aromatic N) is 2. The molecule has 4 aromatic rings. The number of hydrogen-bond acceptors (Lipinski definition) is 1. The van der Waals surface area contributed by atoms with Crippen LogP contribution in [0.2, 0.25) is 0 Å². The zero-order valence-corrected chi connectivity index (χ0v) is 17.1. The lowest BCUT2D eigenvalue weighted by Gasteiger charge is -2.13. The van der Waals surface area contributed by atoms with Crippen LogP contribution in [-0.4, -0.2) is 16.0 Å². The molecule has 4 aromatic carbocycles.